The first-order valence-corrected chi connectivity index (χ1v) is 9.56. The zero-order valence-electron chi connectivity index (χ0n) is 15.2. The van der Waals surface area contributed by atoms with E-state index in [9.17, 15) is 9.59 Å². The van der Waals surface area contributed by atoms with Gasteiger partial charge in [-0.2, -0.15) is 0 Å². The maximum absolute atomic E-state index is 12.3. The van der Waals surface area contributed by atoms with Gasteiger partial charge in [-0.05, 0) is 26.0 Å². The quantitative estimate of drug-likeness (QED) is 0.703. The van der Waals surface area contributed by atoms with E-state index in [1.807, 2.05) is 18.7 Å². The Morgan fingerprint density at radius 3 is 2.38 bits per heavy atom. The fourth-order valence-electron chi connectivity index (χ4n) is 2.84. The van der Waals surface area contributed by atoms with Crippen LogP contribution in [-0.4, -0.2) is 78.9 Å². The van der Waals surface area contributed by atoms with Crippen LogP contribution in [0.25, 0.3) is 0 Å². The molecule has 0 spiro atoms. The van der Waals surface area contributed by atoms with Gasteiger partial charge in [-0.15, -0.1) is 0 Å². The van der Waals surface area contributed by atoms with Crippen LogP contribution in [0, 0.1) is 0 Å². The number of benzene rings is 1. The van der Waals surface area contributed by atoms with Gasteiger partial charge in [0.2, 0.25) is 5.91 Å². The summed E-state index contributed by atoms with van der Waals surface area (Å²) in [6.07, 6.45) is 0. The Morgan fingerprint density at radius 2 is 1.77 bits per heavy atom. The molecule has 2 amide bonds. The molecule has 8 heteroatoms. The Morgan fingerprint density at radius 1 is 1.12 bits per heavy atom. The highest BCUT2D eigenvalue weighted by Crippen LogP contribution is 2.27. The Kier molecular flexibility index (Phi) is 8.00. The maximum atomic E-state index is 12.3. The van der Waals surface area contributed by atoms with Crippen LogP contribution in [0.2, 0.25) is 10.0 Å². The van der Waals surface area contributed by atoms with Crippen LogP contribution in [0.4, 0.5) is 0 Å². The van der Waals surface area contributed by atoms with Crippen LogP contribution >= 0.6 is 23.2 Å². The van der Waals surface area contributed by atoms with Crippen LogP contribution in [0.3, 0.4) is 0 Å². The molecule has 1 aromatic rings. The summed E-state index contributed by atoms with van der Waals surface area (Å²) < 4.78 is 5.50. The van der Waals surface area contributed by atoms with Gasteiger partial charge in [0, 0.05) is 50.4 Å². The molecule has 0 radical (unpaired) electrons. The minimum Gasteiger partial charge on any atom is -0.482 e. The number of hydrogen-bond donors (Lipinski definition) is 0. The van der Waals surface area contributed by atoms with E-state index in [0.717, 1.165) is 13.1 Å². The first kappa shape index (κ1) is 20.8. The van der Waals surface area contributed by atoms with Crippen molar-refractivity contribution in [2.75, 3.05) is 52.4 Å². The zero-order chi connectivity index (χ0) is 19.1. The first-order chi connectivity index (χ1) is 12.4. The second-order valence-electron chi connectivity index (χ2n) is 6.09. The summed E-state index contributed by atoms with van der Waals surface area (Å²) in [6.45, 7) is 8.22. The first-order valence-electron chi connectivity index (χ1n) is 8.80. The van der Waals surface area contributed by atoms with E-state index in [1.54, 1.807) is 23.1 Å². The average molecular weight is 402 g/mol. The third kappa shape index (κ3) is 5.76. The molecule has 0 aromatic heterocycles. The summed E-state index contributed by atoms with van der Waals surface area (Å²) in [7, 11) is 0. The molecule has 1 aromatic carbocycles. The van der Waals surface area contributed by atoms with Crippen molar-refractivity contribution in [3.63, 3.8) is 0 Å². The lowest BCUT2D eigenvalue weighted by molar-refractivity contribution is -0.136. The molecule has 0 bridgehead atoms. The smallest absolute Gasteiger partial charge is 0.260 e. The largest absolute Gasteiger partial charge is 0.482 e. The topological polar surface area (TPSA) is 53.1 Å². The van der Waals surface area contributed by atoms with E-state index >= 15 is 0 Å². The van der Waals surface area contributed by atoms with E-state index < -0.39 is 0 Å². The molecule has 0 unspecified atom stereocenters. The highest BCUT2D eigenvalue weighted by atomic mass is 35.5. The molecular weight excluding hydrogens is 377 g/mol. The second-order valence-corrected chi connectivity index (χ2v) is 6.93. The summed E-state index contributed by atoms with van der Waals surface area (Å²) in [5.41, 5.74) is 0. The number of likely N-dealkylation sites (N-methyl/N-ethyl adjacent to an activating group) is 1. The lowest BCUT2D eigenvalue weighted by atomic mass is 10.3. The van der Waals surface area contributed by atoms with Crippen LogP contribution in [-0.2, 0) is 9.59 Å². The number of carbonyl (C=O) groups excluding carboxylic acids is 2. The average Bonchev–Trinajstić information content (AvgIpc) is 2.64. The molecule has 1 aliphatic heterocycles. The number of halogens is 2. The lowest BCUT2D eigenvalue weighted by Gasteiger charge is -2.35. The van der Waals surface area contributed by atoms with Gasteiger partial charge in [-0.25, -0.2) is 0 Å². The normalized spacial score (nSPS) is 15.0. The minimum atomic E-state index is -0.101. The lowest BCUT2D eigenvalue weighted by Crippen LogP contribution is -2.52. The number of carbonyl (C=O) groups is 2. The highest BCUT2D eigenvalue weighted by Gasteiger charge is 2.24. The monoisotopic (exact) mass is 401 g/mol. The summed E-state index contributed by atoms with van der Waals surface area (Å²) in [6, 6.07) is 4.89. The molecule has 0 atom stereocenters. The number of hydrogen-bond acceptors (Lipinski definition) is 4. The highest BCUT2D eigenvalue weighted by molar-refractivity contribution is 6.34. The molecule has 1 heterocycles. The Labute approximate surface area is 164 Å². The summed E-state index contributed by atoms with van der Waals surface area (Å²) in [5, 5.41) is 0.922. The van der Waals surface area contributed by atoms with E-state index in [-0.39, 0.29) is 18.4 Å². The summed E-state index contributed by atoms with van der Waals surface area (Å²) in [5.74, 6) is 0.431. The fourth-order valence-corrected chi connectivity index (χ4v) is 3.18. The van der Waals surface area contributed by atoms with Gasteiger partial charge < -0.3 is 14.5 Å². The molecular formula is C18H25Cl2N3O3. The van der Waals surface area contributed by atoms with E-state index in [0.29, 0.717) is 48.5 Å². The third-order valence-corrected chi connectivity index (χ3v) is 4.99. The zero-order valence-corrected chi connectivity index (χ0v) is 16.7. The van der Waals surface area contributed by atoms with Gasteiger partial charge in [0.1, 0.15) is 5.75 Å². The van der Waals surface area contributed by atoms with Crippen molar-refractivity contribution in [3.8, 4) is 5.75 Å². The predicted octanol–water partition coefficient (Wildman–Crippen LogP) is 2.38. The minimum absolute atomic E-state index is 0.0849. The van der Waals surface area contributed by atoms with Crippen LogP contribution in [0.1, 0.15) is 13.8 Å². The fraction of sp³-hybridized carbons (Fsp3) is 0.556. The second kappa shape index (κ2) is 10.00. The summed E-state index contributed by atoms with van der Waals surface area (Å²) >= 11 is 11.9. The SMILES string of the molecule is CCN(CC)C(=O)CN1CCN(C(=O)COc2cc(Cl)ccc2Cl)CC1. The Bertz CT molecular complexity index is 630. The van der Waals surface area contributed by atoms with Crippen molar-refractivity contribution < 1.29 is 14.3 Å². The molecule has 1 saturated heterocycles. The molecule has 6 nitrogen and oxygen atoms in total. The molecule has 26 heavy (non-hydrogen) atoms. The van der Waals surface area contributed by atoms with Gasteiger partial charge in [0.25, 0.3) is 5.91 Å². The Balaban J connectivity index is 1.77. The van der Waals surface area contributed by atoms with Crippen LogP contribution in [0.5, 0.6) is 5.75 Å². The van der Waals surface area contributed by atoms with Crippen LogP contribution in [0.15, 0.2) is 18.2 Å². The van der Waals surface area contributed by atoms with Crippen molar-refractivity contribution in [3.05, 3.63) is 28.2 Å². The number of rotatable bonds is 7. The van der Waals surface area contributed by atoms with E-state index in [2.05, 4.69) is 4.90 Å². The number of piperazine rings is 1. The van der Waals surface area contributed by atoms with Crippen molar-refractivity contribution in [1.29, 1.82) is 0 Å². The maximum Gasteiger partial charge on any atom is 0.260 e. The standard InChI is InChI=1S/C18H25Cl2N3O3/c1-3-22(4-2)17(24)12-21-7-9-23(10-8-21)18(25)13-26-16-11-14(19)5-6-15(16)20/h5-6,11H,3-4,7-10,12-13H2,1-2H3. The van der Waals surface area contributed by atoms with Crippen molar-refractivity contribution in [2.24, 2.45) is 0 Å². The van der Waals surface area contributed by atoms with Crippen molar-refractivity contribution in [2.45, 2.75) is 13.8 Å². The van der Waals surface area contributed by atoms with Gasteiger partial charge in [0.15, 0.2) is 6.61 Å². The van der Waals surface area contributed by atoms with E-state index in [1.165, 1.54) is 0 Å². The number of ether oxygens (including phenoxy) is 1. The van der Waals surface area contributed by atoms with Crippen LogP contribution < -0.4 is 4.74 Å². The molecule has 2 rings (SSSR count). The van der Waals surface area contributed by atoms with E-state index in [4.69, 9.17) is 27.9 Å². The molecule has 1 aliphatic rings. The molecule has 1 fully saturated rings. The molecule has 144 valence electrons. The summed E-state index contributed by atoms with van der Waals surface area (Å²) in [4.78, 5) is 30.1. The van der Waals surface area contributed by atoms with Gasteiger partial charge in [0.05, 0.1) is 11.6 Å². The predicted molar refractivity (Wildman–Crippen MR) is 103 cm³/mol. The number of nitrogens with zero attached hydrogens (tertiary/aromatic N) is 3. The van der Waals surface area contributed by atoms with Gasteiger partial charge >= 0.3 is 0 Å². The van der Waals surface area contributed by atoms with Crippen molar-refractivity contribution >= 4 is 35.0 Å². The van der Waals surface area contributed by atoms with Gasteiger partial charge in [-0.3, -0.25) is 14.5 Å². The third-order valence-electron chi connectivity index (χ3n) is 4.44. The molecule has 0 N–H and O–H groups in total. The molecule has 0 saturated carbocycles. The van der Waals surface area contributed by atoms with Gasteiger partial charge in [-0.1, -0.05) is 23.2 Å². The number of amides is 2. The molecule has 0 aliphatic carbocycles. The van der Waals surface area contributed by atoms with Crippen molar-refractivity contribution in [1.82, 2.24) is 14.7 Å². The Hall–Kier alpha value is -1.50.